The van der Waals surface area contributed by atoms with Crippen LogP contribution in [0.15, 0.2) is 82.1 Å². The Morgan fingerprint density at radius 1 is 1.00 bits per heavy atom. The molecule has 2 N–H and O–H groups in total. The first-order valence-electron chi connectivity index (χ1n) is 9.18. The molecule has 7 heteroatoms. The number of amides is 1. The van der Waals surface area contributed by atoms with E-state index in [0.29, 0.717) is 17.2 Å². The zero-order valence-corrected chi connectivity index (χ0v) is 16.8. The number of carbonyl (C=O) groups excluding carboxylic acids is 1. The standard InChI is InChI=1S/C22H22N2O4S/c1-2-17-8-10-18(11-9-17)24-22(25)15-14-19-12-13-20(28-19)16-23-29(26,27)21-6-4-3-5-7-21/h3-15,23H,2,16H2,1H3,(H,24,25)/b15-14+. The summed E-state index contributed by atoms with van der Waals surface area (Å²) >= 11 is 0. The van der Waals surface area contributed by atoms with E-state index < -0.39 is 10.0 Å². The van der Waals surface area contributed by atoms with E-state index in [1.807, 2.05) is 24.3 Å². The average molecular weight is 410 g/mol. The van der Waals surface area contributed by atoms with Gasteiger partial charge in [-0.2, -0.15) is 0 Å². The first kappa shape index (κ1) is 20.6. The monoisotopic (exact) mass is 410 g/mol. The van der Waals surface area contributed by atoms with Crippen molar-refractivity contribution in [1.82, 2.24) is 4.72 Å². The van der Waals surface area contributed by atoms with Crippen molar-refractivity contribution < 1.29 is 17.6 Å². The van der Waals surface area contributed by atoms with Crippen LogP contribution in [0.5, 0.6) is 0 Å². The van der Waals surface area contributed by atoms with E-state index in [2.05, 4.69) is 17.0 Å². The van der Waals surface area contributed by atoms with Crippen LogP contribution in [0, 0.1) is 0 Å². The Hall–Kier alpha value is -3.16. The molecule has 0 saturated carbocycles. The Balaban J connectivity index is 1.54. The normalized spacial score (nSPS) is 11.6. The van der Waals surface area contributed by atoms with Gasteiger partial charge in [0.15, 0.2) is 0 Å². The highest BCUT2D eigenvalue weighted by Crippen LogP contribution is 2.13. The number of nitrogens with one attached hydrogen (secondary N) is 2. The second-order valence-corrected chi connectivity index (χ2v) is 8.08. The summed E-state index contributed by atoms with van der Waals surface area (Å²) in [7, 11) is -3.61. The van der Waals surface area contributed by atoms with Gasteiger partial charge in [0, 0.05) is 11.8 Å². The summed E-state index contributed by atoms with van der Waals surface area (Å²) in [6, 6.07) is 19.1. The molecule has 0 aliphatic rings. The van der Waals surface area contributed by atoms with Gasteiger partial charge in [0.1, 0.15) is 11.5 Å². The van der Waals surface area contributed by atoms with Crippen LogP contribution in [0.4, 0.5) is 5.69 Å². The maximum absolute atomic E-state index is 12.2. The van der Waals surface area contributed by atoms with E-state index in [9.17, 15) is 13.2 Å². The summed E-state index contributed by atoms with van der Waals surface area (Å²) in [4.78, 5) is 12.2. The summed E-state index contributed by atoms with van der Waals surface area (Å²) in [6.45, 7) is 2.08. The number of benzene rings is 2. The topological polar surface area (TPSA) is 88.4 Å². The zero-order valence-electron chi connectivity index (χ0n) is 16.0. The lowest BCUT2D eigenvalue weighted by molar-refractivity contribution is -0.111. The molecule has 0 aliphatic carbocycles. The second-order valence-electron chi connectivity index (χ2n) is 6.31. The molecular formula is C22H22N2O4S. The summed E-state index contributed by atoms with van der Waals surface area (Å²) in [5.74, 6) is 0.618. The number of rotatable bonds is 8. The third-order valence-electron chi connectivity index (χ3n) is 4.20. The summed E-state index contributed by atoms with van der Waals surface area (Å²) < 4.78 is 32.5. The lowest BCUT2D eigenvalue weighted by Gasteiger charge is -2.04. The van der Waals surface area contributed by atoms with Gasteiger partial charge in [0.25, 0.3) is 0 Å². The van der Waals surface area contributed by atoms with Crippen LogP contribution in [0.1, 0.15) is 24.0 Å². The van der Waals surface area contributed by atoms with E-state index in [0.717, 1.165) is 6.42 Å². The molecule has 1 aromatic heterocycles. The van der Waals surface area contributed by atoms with Gasteiger partial charge in [-0.15, -0.1) is 0 Å². The molecule has 3 rings (SSSR count). The van der Waals surface area contributed by atoms with Gasteiger partial charge in [0.2, 0.25) is 15.9 Å². The van der Waals surface area contributed by atoms with E-state index in [4.69, 9.17) is 4.42 Å². The maximum Gasteiger partial charge on any atom is 0.248 e. The van der Waals surface area contributed by atoms with Gasteiger partial charge in [-0.1, -0.05) is 37.3 Å². The first-order chi connectivity index (χ1) is 14.0. The molecular weight excluding hydrogens is 388 g/mol. The van der Waals surface area contributed by atoms with Gasteiger partial charge >= 0.3 is 0 Å². The fourth-order valence-corrected chi connectivity index (χ4v) is 3.61. The molecule has 1 heterocycles. The van der Waals surface area contributed by atoms with Crippen LogP contribution in [-0.2, 0) is 27.8 Å². The van der Waals surface area contributed by atoms with Crippen molar-refractivity contribution in [3.63, 3.8) is 0 Å². The van der Waals surface area contributed by atoms with E-state index in [-0.39, 0.29) is 17.3 Å². The number of hydrogen-bond acceptors (Lipinski definition) is 4. The number of aryl methyl sites for hydroxylation is 1. The minimum Gasteiger partial charge on any atom is -0.460 e. The molecule has 0 radical (unpaired) electrons. The Kier molecular flexibility index (Phi) is 6.64. The number of carbonyl (C=O) groups is 1. The number of anilines is 1. The first-order valence-corrected chi connectivity index (χ1v) is 10.7. The van der Waals surface area contributed by atoms with Crippen LogP contribution in [0.3, 0.4) is 0 Å². The highest BCUT2D eigenvalue weighted by atomic mass is 32.2. The lowest BCUT2D eigenvalue weighted by Crippen LogP contribution is -2.22. The molecule has 2 aromatic carbocycles. The summed E-state index contributed by atoms with van der Waals surface area (Å²) in [6.07, 6.45) is 3.84. The predicted molar refractivity (Wildman–Crippen MR) is 113 cm³/mol. The maximum atomic E-state index is 12.2. The minimum atomic E-state index is -3.61. The van der Waals surface area contributed by atoms with Crippen molar-refractivity contribution in [2.75, 3.05) is 5.32 Å². The molecule has 29 heavy (non-hydrogen) atoms. The third-order valence-corrected chi connectivity index (χ3v) is 5.62. The van der Waals surface area contributed by atoms with Gasteiger partial charge < -0.3 is 9.73 Å². The third kappa shape index (κ3) is 5.91. The van der Waals surface area contributed by atoms with Crippen LogP contribution in [-0.4, -0.2) is 14.3 Å². The fraction of sp³-hybridized carbons (Fsp3) is 0.136. The Labute approximate surface area is 170 Å². The van der Waals surface area contributed by atoms with Gasteiger partial charge in [-0.25, -0.2) is 13.1 Å². The molecule has 0 spiro atoms. The minimum absolute atomic E-state index is 0.0149. The van der Waals surface area contributed by atoms with Crippen molar-refractivity contribution in [1.29, 1.82) is 0 Å². The SMILES string of the molecule is CCc1ccc(NC(=O)/C=C/c2ccc(CNS(=O)(=O)c3ccccc3)o2)cc1. The zero-order chi connectivity index (χ0) is 20.7. The van der Waals surface area contributed by atoms with E-state index >= 15 is 0 Å². The fourth-order valence-electron chi connectivity index (χ4n) is 2.59. The van der Waals surface area contributed by atoms with Gasteiger partial charge in [-0.05, 0) is 54.5 Å². The average Bonchev–Trinajstić information content (AvgIpc) is 3.20. The molecule has 0 aliphatic heterocycles. The quantitative estimate of drug-likeness (QED) is 0.550. The largest absolute Gasteiger partial charge is 0.460 e. The van der Waals surface area contributed by atoms with E-state index in [1.54, 1.807) is 30.3 Å². The van der Waals surface area contributed by atoms with Crippen molar-refractivity contribution in [2.24, 2.45) is 0 Å². The Morgan fingerprint density at radius 2 is 1.72 bits per heavy atom. The molecule has 150 valence electrons. The van der Waals surface area contributed by atoms with Crippen LogP contribution in [0.25, 0.3) is 6.08 Å². The molecule has 0 fully saturated rings. The van der Waals surface area contributed by atoms with Crippen LogP contribution in [0.2, 0.25) is 0 Å². The lowest BCUT2D eigenvalue weighted by atomic mass is 10.1. The van der Waals surface area contributed by atoms with Crippen LogP contribution >= 0.6 is 0 Å². The van der Waals surface area contributed by atoms with Crippen molar-refractivity contribution >= 4 is 27.7 Å². The predicted octanol–water partition coefficient (Wildman–Crippen LogP) is 3.97. The smallest absolute Gasteiger partial charge is 0.248 e. The highest BCUT2D eigenvalue weighted by molar-refractivity contribution is 7.89. The molecule has 3 aromatic rings. The number of furan rings is 1. The Morgan fingerprint density at radius 3 is 2.41 bits per heavy atom. The molecule has 0 unspecified atom stereocenters. The van der Waals surface area contributed by atoms with Crippen molar-refractivity contribution in [3.05, 3.63) is 89.9 Å². The summed E-state index contributed by atoms with van der Waals surface area (Å²) in [5, 5.41) is 2.77. The van der Waals surface area contributed by atoms with Gasteiger partial charge in [-0.3, -0.25) is 4.79 Å². The van der Waals surface area contributed by atoms with Gasteiger partial charge in [0.05, 0.1) is 11.4 Å². The molecule has 6 nitrogen and oxygen atoms in total. The molecule has 1 amide bonds. The summed E-state index contributed by atoms with van der Waals surface area (Å²) in [5.41, 5.74) is 1.91. The van der Waals surface area contributed by atoms with Crippen LogP contribution < -0.4 is 10.0 Å². The number of sulfonamides is 1. The van der Waals surface area contributed by atoms with Crippen molar-refractivity contribution in [2.45, 2.75) is 24.8 Å². The van der Waals surface area contributed by atoms with Crippen molar-refractivity contribution in [3.8, 4) is 0 Å². The van der Waals surface area contributed by atoms with E-state index in [1.165, 1.54) is 29.8 Å². The second kappa shape index (κ2) is 9.36. The highest BCUT2D eigenvalue weighted by Gasteiger charge is 2.13. The number of hydrogen-bond donors (Lipinski definition) is 2. The molecule has 0 bridgehead atoms. The molecule has 0 saturated heterocycles. The molecule has 0 atom stereocenters. The Bertz CT molecular complexity index is 1090.